The lowest BCUT2D eigenvalue weighted by Crippen LogP contribution is -2.19. The van der Waals surface area contributed by atoms with Gasteiger partial charge in [0, 0.05) is 6.61 Å². The lowest BCUT2D eigenvalue weighted by Gasteiger charge is -2.11. The summed E-state index contributed by atoms with van der Waals surface area (Å²) in [4.78, 5) is 11.7. The molecule has 2 rings (SSSR count). The van der Waals surface area contributed by atoms with Gasteiger partial charge in [0.05, 0.1) is 37.1 Å². The van der Waals surface area contributed by atoms with Crippen molar-refractivity contribution in [1.29, 1.82) is 0 Å². The van der Waals surface area contributed by atoms with Gasteiger partial charge in [-0.2, -0.15) is 0 Å². The number of anilines is 2. The first-order chi connectivity index (χ1) is 9.15. The van der Waals surface area contributed by atoms with Gasteiger partial charge in [0.15, 0.2) is 0 Å². The van der Waals surface area contributed by atoms with E-state index in [4.69, 9.17) is 15.2 Å². The maximum absolute atomic E-state index is 12.8. The molecule has 6 heteroatoms. The molecular weight excluding hydrogens is 251 g/mol. The Balaban J connectivity index is 1.74. The summed E-state index contributed by atoms with van der Waals surface area (Å²) in [5, 5.41) is 2.62. The van der Waals surface area contributed by atoms with Crippen LogP contribution < -0.4 is 11.1 Å². The van der Waals surface area contributed by atoms with Gasteiger partial charge in [0.1, 0.15) is 5.82 Å². The maximum atomic E-state index is 12.8. The van der Waals surface area contributed by atoms with E-state index >= 15 is 0 Å². The molecule has 5 nitrogen and oxygen atoms in total. The Bertz CT molecular complexity index is 448. The lowest BCUT2D eigenvalue weighted by molar-refractivity contribution is -0.117. The van der Waals surface area contributed by atoms with E-state index in [9.17, 15) is 9.18 Å². The van der Waals surface area contributed by atoms with Crippen LogP contribution in [0.3, 0.4) is 0 Å². The molecule has 19 heavy (non-hydrogen) atoms. The summed E-state index contributed by atoms with van der Waals surface area (Å²) in [5.41, 5.74) is 6.21. The molecular formula is C13H17FN2O3. The molecule has 0 aromatic heterocycles. The summed E-state index contributed by atoms with van der Waals surface area (Å²) in [6, 6.07) is 3.86. The normalized spacial score (nSPS) is 18.5. The number of hydrogen-bond donors (Lipinski definition) is 2. The third kappa shape index (κ3) is 4.18. The monoisotopic (exact) mass is 268 g/mol. The van der Waals surface area contributed by atoms with Crippen molar-refractivity contribution < 1.29 is 18.7 Å². The molecule has 1 heterocycles. The number of halogens is 1. The van der Waals surface area contributed by atoms with Gasteiger partial charge in [-0.1, -0.05) is 0 Å². The number of benzene rings is 1. The van der Waals surface area contributed by atoms with Crippen molar-refractivity contribution >= 4 is 17.3 Å². The van der Waals surface area contributed by atoms with Crippen LogP contribution in [0.1, 0.15) is 12.8 Å². The molecule has 0 radical (unpaired) electrons. The zero-order valence-corrected chi connectivity index (χ0v) is 10.5. The van der Waals surface area contributed by atoms with Gasteiger partial charge in [-0.05, 0) is 24.6 Å². The quantitative estimate of drug-likeness (QED) is 0.794. The number of rotatable bonds is 5. The SMILES string of the molecule is Nc1cc(F)ccc1NC(=O)CCOC1CCOC1. The topological polar surface area (TPSA) is 73.6 Å². The largest absolute Gasteiger partial charge is 0.397 e. The van der Waals surface area contributed by atoms with Gasteiger partial charge in [0.25, 0.3) is 0 Å². The molecule has 1 aromatic rings. The second kappa shape index (κ2) is 6.49. The molecule has 1 aliphatic heterocycles. The minimum atomic E-state index is -0.430. The van der Waals surface area contributed by atoms with E-state index < -0.39 is 5.82 Å². The Kier molecular flexibility index (Phi) is 4.70. The molecule has 0 aliphatic carbocycles. The number of nitrogen functional groups attached to an aromatic ring is 1. The van der Waals surface area contributed by atoms with E-state index in [1.165, 1.54) is 18.2 Å². The molecule has 0 bridgehead atoms. The summed E-state index contributed by atoms with van der Waals surface area (Å²) >= 11 is 0. The predicted octanol–water partition coefficient (Wildman–Crippen LogP) is 1.54. The fourth-order valence-electron chi connectivity index (χ4n) is 1.82. The minimum Gasteiger partial charge on any atom is -0.397 e. The van der Waals surface area contributed by atoms with Gasteiger partial charge in [-0.25, -0.2) is 4.39 Å². The smallest absolute Gasteiger partial charge is 0.226 e. The first kappa shape index (κ1) is 13.8. The number of ether oxygens (including phenoxy) is 2. The van der Waals surface area contributed by atoms with Crippen LogP contribution in [0, 0.1) is 5.82 Å². The summed E-state index contributed by atoms with van der Waals surface area (Å²) in [6.45, 7) is 1.64. The van der Waals surface area contributed by atoms with Crippen LogP contribution in [0.4, 0.5) is 15.8 Å². The zero-order chi connectivity index (χ0) is 13.7. The molecule has 1 unspecified atom stereocenters. The first-order valence-electron chi connectivity index (χ1n) is 6.19. The average molecular weight is 268 g/mol. The standard InChI is InChI=1S/C13H17FN2O3/c14-9-1-2-12(11(15)7-9)16-13(17)4-6-19-10-3-5-18-8-10/h1-2,7,10H,3-6,8,15H2,(H,16,17). The molecule has 1 atom stereocenters. The van der Waals surface area contributed by atoms with E-state index in [-0.39, 0.29) is 24.1 Å². The summed E-state index contributed by atoms with van der Waals surface area (Å²) in [7, 11) is 0. The van der Waals surface area contributed by atoms with Gasteiger partial charge in [-0.15, -0.1) is 0 Å². The Labute approximate surface area is 110 Å². The third-order valence-electron chi connectivity index (χ3n) is 2.86. The second-order valence-corrected chi connectivity index (χ2v) is 4.39. The van der Waals surface area contributed by atoms with Crippen LogP contribution in [0.15, 0.2) is 18.2 Å². The Morgan fingerprint density at radius 1 is 1.58 bits per heavy atom. The number of nitrogens with two attached hydrogens (primary N) is 1. The lowest BCUT2D eigenvalue weighted by atomic mass is 10.2. The first-order valence-corrected chi connectivity index (χ1v) is 6.19. The summed E-state index contributed by atoms with van der Waals surface area (Å²) in [6.07, 6.45) is 1.18. The molecule has 1 saturated heterocycles. The molecule has 1 amide bonds. The predicted molar refractivity (Wildman–Crippen MR) is 69.2 cm³/mol. The van der Waals surface area contributed by atoms with Gasteiger partial charge in [-0.3, -0.25) is 4.79 Å². The number of carbonyl (C=O) groups excluding carboxylic acids is 1. The highest BCUT2D eigenvalue weighted by atomic mass is 19.1. The van der Waals surface area contributed by atoms with E-state index in [1.54, 1.807) is 0 Å². The van der Waals surface area contributed by atoms with Crippen molar-refractivity contribution in [3.63, 3.8) is 0 Å². The van der Waals surface area contributed by atoms with E-state index in [1.807, 2.05) is 0 Å². The van der Waals surface area contributed by atoms with Gasteiger partial charge < -0.3 is 20.5 Å². The molecule has 1 fully saturated rings. The third-order valence-corrected chi connectivity index (χ3v) is 2.86. The minimum absolute atomic E-state index is 0.0868. The summed E-state index contributed by atoms with van der Waals surface area (Å²) in [5.74, 6) is -0.641. The van der Waals surface area contributed by atoms with E-state index in [0.29, 0.717) is 25.5 Å². The number of nitrogens with one attached hydrogen (secondary N) is 1. The number of amides is 1. The maximum Gasteiger partial charge on any atom is 0.226 e. The highest BCUT2D eigenvalue weighted by molar-refractivity contribution is 5.93. The second-order valence-electron chi connectivity index (χ2n) is 4.39. The van der Waals surface area contributed by atoms with Crippen LogP contribution >= 0.6 is 0 Å². The Morgan fingerprint density at radius 3 is 3.11 bits per heavy atom. The summed E-state index contributed by atoms with van der Waals surface area (Å²) < 4.78 is 23.5. The Morgan fingerprint density at radius 2 is 2.42 bits per heavy atom. The van der Waals surface area contributed by atoms with Crippen molar-refractivity contribution in [2.75, 3.05) is 30.9 Å². The van der Waals surface area contributed by atoms with Crippen LogP contribution in [-0.4, -0.2) is 31.8 Å². The molecule has 0 saturated carbocycles. The Hall–Kier alpha value is -1.66. The number of hydrogen-bond acceptors (Lipinski definition) is 4. The van der Waals surface area contributed by atoms with E-state index in [2.05, 4.69) is 5.32 Å². The highest BCUT2D eigenvalue weighted by Gasteiger charge is 2.16. The van der Waals surface area contributed by atoms with Crippen LogP contribution in [-0.2, 0) is 14.3 Å². The van der Waals surface area contributed by atoms with Crippen molar-refractivity contribution in [3.8, 4) is 0 Å². The van der Waals surface area contributed by atoms with Gasteiger partial charge in [0.2, 0.25) is 5.91 Å². The van der Waals surface area contributed by atoms with Crippen molar-refractivity contribution in [2.45, 2.75) is 18.9 Å². The molecule has 1 aliphatic rings. The van der Waals surface area contributed by atoms with Crippen LogP contribution in [0.5, 0.6) is 0 Å². The van der Waals surface area contributed by atoms with Gasteiger partial charge >= 0.3 is 0 Å². The van der Waals surface area contributed by atoms with E-state index in [0.717, 1.165) is 6.42 Å². The van der Waals surface area contributed by atoms with Crippen LogP contribution in [0.2, 0.25) is 0 Å². The zero-order valence-electron chi connectivity index (χ0n) is 10.5. The van der Waals surface area contributed by atoms with Crippen molar-refractivity contribution in [2.24, 2.45) is 0 Å². The highest BCUT2D eigenvalue weighted by Crippen LogP contribution is 2.19. The van der Waals surface area contributed by atoms with Crippen LogP contribution in [0.25, 0.3) is 0 Å². The number of carbonyl (C=O) groups is 1. The fourth-order valence-corrected chi connectivity index (χ4v) is 1.82. The molecule has 0 spiro atoms. The van der Waals surface area contributed by atoms with Crippen molar-refractivity contribution in [1.82, 2.24) is 0 Å². The molecule has 104 valence electrons. The fraction of sp³-hybridized carbons (Fsp3) is 0.462. The van der Waals surface area contributed by atoms with Crippen molar-refractivity contribution in [3.05, 3.63) is 24.0 Å². The average Bonchev–Trinajstić information content (AvgIpc) is 2.86. The molecule has 3 N–H and O–H groups in total. The molecule has 1 aromatic carbocycles.